The predicted octanol–water partition coefficient (Wildman–Crippen LogP) is 4.42. The van der Waals surface area contributed by atoms with Crippen LogP contribution in [0.25, 0.3) is 22.3 Å². The lowest BCUT2D eigenvalue weighted by molar-refractivity contribution is 0.154. The van der Waals surface area contributed by atoms with Crippen LogP contribution in [0.1, 0.15) is 12.0 Å². The second-order valence-electron chi connectivity index (χ2n) is 7.85. The first-order chi connectivity index (χ1) is 14.1. The quantitative estimate of drug-likeness (QED) is 0.559. The normalized spacial score (nSPS) is 15.7. The fourth-order valence-electron chi connectivity index (χ4n) is 3.69. The minimum Gasteiger partial charge on any atom is -0.369 e. The summed E-state index contributed by atoms with van der Waals surface area (Å²) in [7, 11) is 2.20. The molecule has 29 heavy (non-hydrogen) atoms. The van der Waals surface area contributed by atoms with Gasteiger partial charge in [0.25, 0.3) is 0 Å². The summed E-state index contributed by atoms with van der Waals surface area (Å²) in [6, 6.07) is 14.5. The van der Waals surface area contributed by atoms with E-state index in [0.29, 0.717) is 0 Å². The van der Waals surface area contributed by atoms with Gasteiger partial charge >= 0.3 is 0 Å². The third-order valence-electron chi connectivity index (χ3n) is 5.49. The molecule has 2 heterocycles. The van der Waals surface area contributed by atoms with Crippen molar-refractivity contribution in [1.29, 1.82) is 0 Å². The number of piperazine rings is 1. The lowest BCUT2D eigenvalue weighted by atomic mass is 10.1. The van der Waals surface area contributed by atoms with Gasteiger partial charge in [-0.05, 0) is 51.2 Å². The molecule has 0 aliphatic carbocycles. The highest BCUT2D eigenvalue weighted by Crippen LogP contribution is 2.26. The Morgan fingerprint density at radius 1 is 1.00 bits per heavy atom. The van der Waals surface area contributed by atoms with E-state index >= 15 is 0 Å². The van der Waals surface area contributed by atoms with Crippen molar-refractivity contribution in [1.82, 2.24) is 19.8 Å². The highest BCUT2D eigenvalue weighted by atomic mass is 79.9. The molecule has 5 nitrogen and oxygen atoms in total. The SMILES string of the molecule is Cc1ccc2nc(-c3ccc(Br)cc3)nc(NCCCN3CCN(C)CC3)c2c1. The van der Waals surface area contributed by atoms with Crippen LogP contribution in [0.15, 0.2) is 46.9 Å². The van der Waals surface area contributed by atoms with E-state index in [1.54, 1.807) is 0 Å². The van der Waals surface area contributed by atoms with Gasteiger partial charge in [-0.3, -0.25) is 0 Å². The van der Waals surface area contributed by atoms with Gasteiger partial charge in [-0.1, -0.05) is 39.7 Å². The topological polar surface area (TPSA) is 44.3 Å². The van der Waals surface area contributed by atoms with Crippen molar-refractivity contribution in [2.45, 2.75) is 13.3 Å². The molecule has 1 fully saturated rings. The standard InChI is InChI=1S/C23H28BrN5/c1-17-4-9-21-20(16-17)23(25-10-3-11-29-14-12-28(2)13-15-29)27-22(26-21)18-5-7-19(24)8-6-18/h4-9,16H,3,10-15H2,1-2H3,(H,25,26,27). The van der Waals surface area contributed by atoms with Crippen molar-refractivity contribution >= 4 is 32.7 Å². The summed E-state index contributed by atoms with van der Waals surface area (Å²) >= 11 is 3.50. The number of anilines is 1. The average molecular weight is 454 g/mol. The smallest absolute Gasteiger partial charge is 0.162 e. The molecule has 0 spiro atoms. The van der Waals surface area contributed by atoms with Crippen molar-refractivity contribution in [3.05, 3.63) is 52.5 Å². The Hall–Kier alpha value is -2.02. The van der Waals surface area contributed by atoms with E-state index in [1.165, 1.54) is 31.7 Å². The molecule has 0 saturated carbocycles. The fraction of sp³-hybridized carbons (Fsp3) is 0.391. The molecule has 3 aromatic rings. The van der Waals surface area contributed by atoms with Crippen LogP contribution in [0, 0.1) is 6.92 Å². The molecule has 1 aromatic heterocycles. The molecule has 1 saturated heterocycles. The number of aromatic nitrogens is 2. The summed E-state index contributed by atoms with van der Waals surface area (Å²) in [6.45, 7) is 8.81. The van der Waals surface area contributed by atoms with E-state index in [4.69, 9.17) is 9.97 Å². The van der Waals surface area contributed by atoms with Gasteiger partial charge in [0.1, 0.15) is 5.82 Å². The van der Waals surface area contributed by atoms with Crippen molar-refractivity contribution in [3.8, 4) is 11.4 Å². The van der Waals surface area contributed by atoms with Crippen molar-refractivity contribution < 1.29 is 0 Å². The monoisotopic (exact) mass is 453 g/mol. The first-order valence-corrected chi connectivity index (χ1v) is 11.1. The lowest BCUT2D eigenvalue weighted by Crippen LogP contribution is -2.44. The minimum atomic E-state index is 0.760. The molecule has 1 aliphatic heterocycles. The largest absolute Gasteiger partial charge is 0.369 e. The third kappa shape index (κ3) is 5.13. The zero-order valence-corrected chi connectivity index (χ0v) is 18.7. The van der Waals surface area contributed by atoms with Crippen LogP contribution in [0.2, 0.25) is 0 Å². The molecular weight excluding hydrogens is 426 g/mol. The molecule has 0 unspecified atom stereocenters. The van der Waals surface area contributed by atoms with E-state index in [9.17, 15) is 0 Å². The Morgan fingerprint density at radius 2 is 1.76 bits per heavy atom. The number of rotatable bonds is 6. The summed E-state index contributed by atoms with van der Waals surface area (Å²) in [6.07, 6.45) is 1.11. The van der Waals surface area contributed by atoms with E-state index < -0.39 is 0 Å². The molecule has 6 heteroatoms. The van der Waals surface area contributed by atoms with Crippen LogP contribution in [0.3, 0.4) is 0 Å². The van der Waals surface area contributed by atoms with E-state index in [2.05, 4.69) is 75.3 Å². The van der Waals surface area contributed by atoms with Crippen LogP contribution in [0.4, 0.5) is 5.82 Å². The van der Waals surface area contributed by atoms with Crippen molar-refractivity contribution in [2.75, 3.05) is 51.6 Å². The number of likely N-dealkylation sites (N-methyl/N-ethyl adjacent to an activating group) is 1. The number of aryl methyl sites for hydroxylation is 1. The Balaban J connectivity index is 1.50. The molecule has 0 bridgehead atoms. The zero-order valence-electron chi connectivity index (χ0n) is 17.2. The molecule has 1 N–H and O–H groups in total. The number of nitrogens with zero attached hydrogens (tertiary/aromatic N) is 4. The third-order valence-corrected chi connectivity index (χ3v) is 6.02. The lowest BCUT2D eigenvalue weighted by Gasteiger charge is -2.32. The summed E-state index contributed by atoms with van der Waals surface area (Å²) in [5, 5.41) is 4.68. The number of nitrogens with one attached hydrogen (secondary N) is 1. The second kappa shape index (κ2) is 9.20. The average Bonchev–Trinajstić information content (AvgIpc) is 2.73. The fourth-order valence-corrected chi connectivity index (χ4v) is 3.95. The Kier molecular flexibility index (Phi) is 6.43. The molecule has 0 atom stereocenters. The van der Waals surface area contributed by atoms with E-state index in [1.807, 2.05) is 12.1 Å². The maximum atomic E-state index is 4.88. The van der Waals surface area contributed by atoms with Gasteiger partial charge in [0.15, 0.2) is 5.82 Å². The van der Waals surface area contributed by atoms with E-state index in [-0.39, 0.29) is 0 Å². The first-order valence-electron chi connectivity index (χ1n) is 10.3. The van der Waals surface area contributed by atoms with Gasteiger partial charge in [-0.2, -0.15) is 0 Å². The second-order valence-corrected chi connectivity index (χ2v) is 8.76. The van der Waals surface area contributed by atoms with Gasteiger partial charge in [0, 0.05) is 48.1 Å². The van der Waals surface area contributed by atoms with E-state index in [0.717, 1.165) is 52.1 Å². The Bertz CT molecular complexity index is 965. The molecule has 0 radical (unpaired) electrons. The summed E-state index contributed by atoms with van der Waals surface area (Å²) in [5.41, 5.74) is 3.22. The van der Waals surface area contributed by atoms with Crippen LogP contribution in [-0.4, -0.2) is 66.1 Å². The molecule has 4 rings (SSSR count). The van der Waals surface area contributed by atoms with Crippen LogP contribution >= 0.6 is 15.9 Å². The maximum absolute atomic E-state index is 4.88. The van der Waals surface area contributed by atoms with Crippen LogP contribution in [-0.2, 0) is 0 Å². The molecule has 2 aromatic carbocycles. The van der Waals surface area contributed by atoms with Crippen molar-refractivity contribution in [2.24, 2.45) is 0 Å². The Morgan fingerprint density at radius 3 is 2.52 bits per heavy atom. The number of halogens is 1. The number of hydrogen-bond donors (Lipinski definition) is 1. The summed E-state index contributed by atoms with van der Waals surface area (Å²) in [4.78, 5) is 14.6. The van der Waals surface area contributed by atoms with Gasteiger partial charge in [0.05, 0.1) is 5.52 Å². The molecule has 1 aliphatic rings. The minimum absolute atomic E-state index is 0.760. The highest BCUT2D eigenvalue weighted by Gasteiger charge is 2.13. The van der Waals surface area contributed by atoms with Gasteiger partial charge in [-0.15, -0.1) is 0 Å². The molecule has 152 valence electrons. The molecular formula is C23H28BrN5. The highest BCUT2D eigenvalue weighted by molar-refractivity contribution is 9.10. The zero-order chi connectivity index (χ0) is 20.2. The summed E-state index contributed by atoms with van der Waals surface area (Å²) in [5.74, 6) is 1.69. The summed E-state index contributed by atoms with van der Waals surface area (Å²) < 4.78 is 1.06. The predicted molar refractivity (Wildman–Crippen MR) is 124 cm³/mol. The molecule has 0 amide bonds. The first kappa shape index (κ1) is 20.3. The maximum Gasteiger partial charge on any atom is 0.162 e. The van der Waals surface area contributed by atoms with Gasteiger partial charge in [0.2, 0.25) is 0 Å². The Labute approximate surface area is 181 Å². The number of fused-ring (bicyclic) bond motifs is 1. The van der Waals surface area contributed by atoms with Crippen molar-refractivity contribution in [3.63, 3.8) is 0 Å². The van der Waals surface area contributed by atoms with Gasteiger partial charge in [-0.25, -0.2) is 9.97 Å². The van der Waals surface area contributed by atoms with Crippen LogP contribution < -0.4 is 5.32 Å². The van der Waals surface area contributed by atoms with Crippen LogP contribution in [0.5, 0.6) is 0 Å². The number of hydrogen-bond acceptors (Lipinski definition) is 5. The van der Waals surface area contributed by atoms with Gasteiger partial charge < -0.3 is 15.1 Å². The number of benzene rings is 2.